The predicted molar refractivity (Wildman–Crippen MR) is 87.3 cm³/mol. The molecule has 0 spiro atoms. The van der Waals surface area contributed by atoms with Crippen molar-refractivity contribution in [2.45, 2.75) is 44.9 Å². The summed E-state index contributed by atoms with van der Waals surface area (Å²) in [5, 5.41) is 14.4. The number of nitro groups is 1. The van der Waals surface area contributed by atoms with Crippen LogP contribution in [-0.4, -0.2) is 31.1 Å². The van der Waals surface area contributed by atoms with Crippen LogP contribution in [-0.2, 0) is 9.53 Å². The van der Waals surface area contributed by atoms with Crippen molar-refractivity contribution in [3.63, 3.8) is 0 Å². The molecule has 0 bridgehead atoms. The molecule has 2 aliphatic rings. The van der Waals surface area contributed by atoms with E-state index in [0.29, 0.717) is 12.3 Å². The molecule has 0 atom stereocenters. The maximum atomic E-state index is 11.5. The van der Waals surface area contributed by atoms with Crippen LogP contribution in [0.15, 0.2) is 23.4 Å². The van der Waals surface area contributed by atoms with E-state index < -0.39 is 0 Å². The van der Waals surface area contributed by atoms with Crippen molar-refractivity contribution in [1.82, 2.24) is 5.32 Å². The molecule has 0 saturated heterocycles. The summed E-state index contributed by atoms with van der Waals surface area (Å²) in [6.45, 7) is 1.67. The maximum Gasteiger partial charge on any atom is 0.308 e. The Morgan fingerprint density at radius 2 is 2.00 bits per heavy atom. The lowest BCUT2D eigenvalue weighted by molar-refractivity contribution is -0.421. The molecule has 6 heteroatoms. The first kappa shape index (κ1) is 17.7. The Morgan fingerprint density at radius 1 is 1.30 bits per heavy atom. The van der Waals surface area contributed by atoms with Crippen LogP contribution in [0.3, 0.4) is 0 Å². The van der Waals surface area contributed by atoms with E-state index in [2.05, 4.69) is 5.32 Å². The first-order valence-electron chi connectivity index (χ1n) is 8.44. The molecule has 1 fully saturated rings. The third-order valence-corrected chi connectivity index (χ3v) is 4.81. The van der Waals surface area contributed by atoms with Crippen molar-refractivity contribution in [3.8, 4) is 0 Å². The topological polar surface area (TPSA) is 81.5 Å². The Balaban J connectivity index is 1.65. The van der Waals surface area contributed by atoms with E-state index in [1.54, 1.807) is 6.08 Å². The molecule has 0 unspecified atom stereocenters. The second-order valence-electron chi connectivity index (χ2n) is 6.35. The van der Waals surface area contributed by atoms with Gasteiger partial charge in [-0.15, -0.1) is 0 Å². The summed E-state index contributed by atoms with van der Waals surface area (Å²) in [4.78, 5) is 22.2. The second kappa shape index (κ2) is 8.82. The van der Waals surface area contributed by atoms with Crippen molar-refractivity contribution in [2.24, 2.45) is 11.8 Å². The first-order chi connectivity index (χ1) is 11.1. The lowest BCUT2D eigenvalue weighted by Crippen LogP contribution is -2.30. The lowest BCUT2D eigenvalue weighted by Gasteiger charge is -2.27. The molecule has 0 aromatic rings. The summed E-state index contributed by atoms with van der Waals surface area (Å²) in [7, 11) is 1.45. The van der Waals surface area contributed by atoms with Crippen LogP contribution in [0.4, 0.5) is 0 Å². The number of hydrogen-bond donors (Lipinski definition) is 1. The van der Waals surface area contributed by atoms with Crippen molar-refractivity contribution in [2.75, 3.05) is 20.2 Å². The summed E-state index contributed by atoms with van der Waals surface area (Å²) in [6.07, 6.45) is 9.94. The average molecular weight is 322 g/mol. The molecule has 128 valence electrons. The van der Waals surface area contributed by atoms with Gasteiger partial charge in [-0.25, -0.2) is 0 Å². The molecular formula is C17H26N2O4. The molecule has 2 rings (SSSR count). The van der Waals surface area contributed by atoms with E-state index >= 15 is 0 Å². The number of nitrogens with one attached hydrogen (secondary N) is 1. The minimum absolute atomic E-state index is 0.0661. The Kier molecular flexibility index (Phi) is 6.77. The molecule has 0 amide bonds. The molecule has 2 aliphatic carbocycles. The Morgan fingerprint density at radius 3 is 2.65 bits per heavy atom. The van der Waals surface area contributed by atoms with E-state index in [1.165, 1.54) is 7.11 Å². The van der Waals surface area contributed by atoms with Gasteiger partial charge in [0.1, 0.15) is 0 Å². The zero-order chi connectivity index (χ0) is 16.7. The van der Waals surface area contributed by atoms with Gasteiger partial charge in [0.2, 0.25) is 0 Å². The number of esters is 1. The fourth-order valence-corrected chi connectivity index (χ4v) is 3.43. The number of nitrogens with zero attached hydrogens (tertiary/aromatic N) is 1. The molecule has 0 aliphatic heterocycles. The molecule has 1 saturated carbocycles. The van der Waals surface area contributed by atoms with Crippen LogP contribution >= 0.6 is 0 Å². The molecule has 23 heavy (non-hydrogen) atoms. The van der Waals surface area contributed by atoms with Crippen molar-refractivity contribution in [1.29, 1.82) is 0 Å². The number of carbonyl (C=O) groups excluding carboxylic acids is 1. The number of carbonyl (C=O) groups is 1. The molecule has 0 aromatic carbocycles. The van der Waals surface area contributed by atoms with Crippen molar-refractivity contribution < 1.29 is 14.5 Å². The zero-order valence-corrected chi connectivity index (χ0v) is 13.8. The number of allylic oxidation sites excluding steroid dienone is 3. The lowest BCUT2D eigenvalue weighted by atomic mass is 9.82. The molecule has 0 heterocycles. The highest BCUT2D eigenvalue weighted by molar-refractivity contribution is 5.72. The van der Waals surface area contributed by atoms with Gasteiger partial charge in [-0.1, -0.05) is 6.08 Å². The van der Waals surface area contributed by atoms with E-state index in [1.807, 2.05) is 6.08 Å². The van der Waals surface area contributed by atoms with Crippen LogP contribution in [0.2, 0.25) is 0 Å². The van der Waals surface area contributed by atoms with Crippen molar-refractivity contribution >= 4 is 5.97 Å². The molecule has 1 N–H and O–H groups in total. The molecule has 0 aromatic heterocycles. The minimum Gasteiger partial charge on any atom is -0.469 e. The Hall–Kier alpha value is -1.69. The number of ether oxygens (including phenoxy) is 1. The third-order valence-electron chi connectivity index (χ3n) is 4.81. The van der Waals surface area contributed by atoms with E-state index in [9.17, 15) is 14.9 Å². The maximum absolute atomic E-state index is 11.5. The zero-order valence-electron chi connectivity index (χ0n) is 13.8. The van der Waals surface area contributed by atoms with Gasteiger partial charge in [-0.2, -0.15) is 0 Å². The normalized spacial score (nSPS) is 24.6. The number of rotatable bonds is 7. The molecule has 6 nitrogen and oxygen atoms in total. The highest BCUT2D eigenvalue weighted by atomic mass is 16.6. The van der Waals surface area contributed by atoms with Crippen LogP contribution in [0.5, 0.6) is 0 Å². The van der Waals surface area contributed by atoms with E-state index in [-0.39, 0.29) is 22.5 Å². The molecular weight excluding hydrogens is 296 g/mol. The van der Waals surface area contributed by atoms with Crippen LogP contribution < -0.4 is 5.32 Å². The quantitative estimate of drug-likeness (QED) is 0.337. The first-order valence-corrected chi connectivity index (χ1v) is 8.44. The highest BCUT2D eigenvalue weighted by Crippen LogP contribution is 2.29. The SMILES string of the molecule is COC(=O)C1CCC(CNCCC2=CCCC=C2[N+](=O)[O-])CC1. The third kappa shape index (κ3) is 5.16. The summed E-state index contributed by atoms with van der Waals surface area (Å²) < 4.78 is 4.80. The number of hydrogen-bond acceptors (Lipinski definition) is 5. The largest absolute Gasteiger partial charge is 0.469 e. The van der Waals surface area contributed by atoms with E-state index in [0.717, 1.165) is 57.2 Å². The average Bonchev–Trinajstić information content (AvgIpc) is 2.58. The van der Waals surface area contributed by atoms with Gasteiger partial charge in [0.05, 0.1) is 18.0 Å². The monoisotopic (exact) mass is 322 g/mol. The fourth-order valence-electron chi connectivity index (χ4n) is 3.43. The highest BCUT2D eigenvalue weighted by Gasteiger charge is 2.26. The van der Waals surface area contributed by atoms with Gasteiger partial charge in [0.15, 0.2) is 0 Å². The van der Waals surface area contributed by atoms with Gasteiger partial charge in [-0.3, -0.25) is 14.9 Å². The predicted octanol–water partition coefficient (Wildman–Crippen LogP) is 2.83. The fraction of sp³-hybridized carbons (Fsp3) is 0.706. The van der Waals surface area contributed by atoms with Gasteiger partial charge >= 0.3 is 5.97 Å². The minimum atomic E-state index is -0.279. The van der Waals surface area contributed by atoms with Crippen molar-refractivity contribution in [3.05, 3.63) is 33.5 Å². The van der Waals surface area contributed by atoms with Gasteiger partial charge < -0.3 is 10.1 Å². The van der Waals surface area contributed by atoms with Crippen LogP contribution in [0.1, 0.15) is 44.9 Å². The standard InChI is InChI=1S/C17H26N2O4/c1-23-17(20)15-8-6-13(7-9-15)12-18-11-10-14-4-2-3-5-16(14)19(21)22/h4-5,13,15,18H,2-3,6-12H2,1H3. The summed E-state index contributed by atoms with van der Waals surface area (Å²) in [5.74, 6) is 0.568. The second-order valence-corrected chi connectivity index (χ2v) is 6.35. The Bertz CT molecular complexity index is 491. The summed E-state index contributed by atoms with van der Waals surface area (Å²) >= 11 is 0. The van der Waals surface area contributed by atoms with Gasteiger partial charge in [-0.05, 0) is 70.0 Å². The summed E-state index contributed by atoms with van der Waals surface area (Å²) in [5.41, 5.74) is 1.12. The summed E-state index contributed by atoms with van der Waals surface area (Å²) in [6, 6.07) is 0. The Labute approximate surface area is 137 Å². The molecule has 0 radical (unpaired) electrons. The van der Waals surface area contributed by atoms with Crippen LogP contribution in [0.25, 0.3) is 0 Å². The number of methoxy groups -OCH3 is 1. The van der Waals surface area contributed by atoms with E-state index in [4.69, 9.17) is 4.74 Å². The van der Waals surface area contributed by atoms with Gasteiger partial charge in [0.25, 0.3) is 5.70 Å². The van der Waals surface area contributed by atoms with Gasteiger partial charge in [0, 0.05) is 5.57 Å². The smallest absolute Gasteiger partial charge is 0.308 e. The van der Waals surface area contributed by atoms with Crippen LogP contribution in [0, 0.1) is 22.0 Å².